The second kappa shape index (κ2) is 7.84. The van der Waals surface area contributed by atoms with Crippen LogP contribution in [0.3, 0.4) is 0 Å². The van der Waals surface area contributed by atoms with Crippen molar-refractivity contribution in [1.29, 1.82) is 0 Å². The number of benzene rings is 2. The standard InChI is InChI=1S/C23H18FN5O3/c24-16-4-2-1-3-14(16)13-5-6-17-15(11-13)23(32)29-10-7-18(20(29)22(31)27-17)28-21(30)19-12-25-8-9-26-19/h1-6,8-9,11-12,18,20H,7,10H2,(H,27,31)(H,28,30)/t18-,20-/m0/s1. The maximum absolute atomic E-state index is 14.3. The van der Waals surface area contributed by atoms with Gasteiger partial charge in [-0.25, -0.2) is 9.37 Å². The Hall–Kier alpha value is -4.14. The smallest absolute Gasteiger partial charge is 0.271 e. The van der Waals surface area contributed by atoms with Crippen LogP contribution in [-0.4, -0.2) is 51.2 Å². The van der Waals surface area contributed by atoms with E-state index in [9.17, 15) is 18.8 Å². The Kier molecular flexibility index (Phi) is 4.85. The number of nitrogens with one attached hydrogen (secondary N) is 2. The van der Waals surface area contributed by atoms with E-state index in [-0.39, 0.29) is 17.2 Å². The third-order valence-electron chi connectivity index (χ3n) is 5.73. The molecule has 5 rings (SSSR count). The van der Waals surface area contributed by atoms with Gasteiger partial charge >= 0.3 is 0 Å². The highest BCUT2D eigenvalue weighted by Crippen LogP contribution is 2.33. The van der Waals surface area contributed by atoms with Crippen LogP contribution in [0.1, 0.15) is 27.3 Å². The van der Waals surface area contributed by atoms with E-state index >= 15 is 0 Å². The van der Waals surface area contributed by atoms with E-state index < -0.39 is 29.7 Å². The second-order valence-corrected chi connectivity index (χ2v) is 7.63. The summed E-state index contributed by atoms with van der Waals surface area (Å²) in [6.45, 7) is 0.297. The third-order valence-corrected chi connectivity index (χ3v) is 5.73. The van der Waals surface area contributed by atoms with E-state index in [2.05, 4.69) is 20.6 Å². The van der Waals surface area contributed by atoms with E-state index in [1.807, 2.05) is 0 Å². The van der Waals surface area contributed by atoms with Gasteiger partial charge in [-0.05, 0) is 30.2 Å². The lowest BCUT2D eigenvalue weighted by Crippen LogP contribution is -2.51. The van der Waals surface area contributed by atoms with Crippen molar-refractivity contribution >= 4 is 23.4 Å². The zero-order valence-corrected chi connectivity index (χ0v) is 16.8. The van der Waals surface area contributed by atoms with Gasteiger partial charge in [0.1, 0.15) is 17.6 Å². The number of amides is 3. The van der Waals surface area contributed by atoms with E-state index in [0.717, 1.165) is 0 Å². The molecular weight excluding hydrogens is 413 g/mol. The fourth-order valence-corrected chi connectivity index (χ4v) is 4.21. The summed E-state index contributed by atoms with van der Waals surface area (Å²) in [5.74, 6) is -1.60. The summed E-state index contributed by atoms with van der Waals surface area (Å²) < 4.78 is 14.3. The number of halogens is 1. The molecule has 0 unspecified atom stereocenters. The molecule has 0 spiro atoms. The van der Waals surface area contributed by atoms with E-state index in [1.165, 1.54) is 29.6 Å². The highest BCUT2D eigenvalue weighted by atomic mass is 19.1. The van der Waals surface area contributed by atoms with Crippen molar-refractivity contribution in [3.63, 3.8) is 0 Å². The van der Waals surface area contributed by atoms with Crippen molar-refractivity contribution in [3.05, 3.63) is 78.1 Å². The molecule has 2 atom stereocenters. The Morgan fingerprint density at radius 1 is 1.12 bits per heavy atom. The molecule has 2 aliphatic heterocycles. The first-order valence-corrected chi connectivity index (χ1v) is 10.1. The van der Waals surface area contributed by atoms with E-state index in [1.54, 1.807) is 36.4 Å². The monoisotopic (exact) mass is 431 g/mol. The SMILES string of the molecule is O=C(N[C@H]1CCN2C(=O)c3cc(-c4ccccc4F)ccc3NC(=O)[C@H]12)c1cnccn1. The van der Waals surface area contributed by atoms with Crippen LogP contribution in [0.4, 0.5) is 10.1 Å². The molecule has 9 heteroatoms. The van der Waals surface area contributed by atoms with Crippen LogP contribution >= 0.6 is 0 Å². The van der Waals surface area contributed by atoms with Gasteiger partial charge in [-0.15, -0.1) is 0 Å². The number of hydrogen-bond donors (Lipinski definition) is 2. The molecule has 160 valence electrons. The summed E-state index contributed by atoms with van der Waals surface area (Å²) in [5, 5.41) is 5.58. The van der Waals surface area contributed by atoms with Crippen LogP contribution in [0.5, 0.6) is 0 Å². The zero-order chi connectivity index (χ0) is 22.2. The lowest BCUT2D eigenvalue weighted by Gasteiger charge is -2.24. The molecule has 3 amide bonds. The number of carbonyl (C=O) groups excluding carboxylic acids is 3. The Balaban J connectivity index is 1.44. The molecule has 0 saturated carbocycles. The average molecular weight is 431 g/mol. The van der Waals surface area contributed by atoms with Gasteiger partial charge in [-0.1, -0.05) is 24.3 Å². The van der Waals surface area contributed by atoms with Crippen molar-refractivity contribution < 1.29 is 18.8 Å². The largest absolute Gasteiger partial charge is 0.345 e. The first-order chi connectivity index (χ1) is 15.5. The summed E-state index contributed by atoms with van der Waals surface area (Å²) in [6.07, 6.45) is 4.61. The maximum Gasteiger partial charge on any atom is 0.271 e. The molecule has 0 aliphatic carbocycles. The maximum atomic E-state index is 14.3. The molecule has 2 aromatic carbocycles. The molecule has 2 N–H and O–H groups in total. The molecule has 32 heavy (non-hydrogen) atoms. The molecule has 1 saturated heterocycles. The molecule has 0 bridgehead atoms. The number of fused-ring (bicyclic) bond motifs is 2. The van der Waals surface area contributed by atoms with Gasteiger partial charge in [0.25, 0.3) is 11.8 Å². The minimum absolute atomic E-state index is 0.129. The van der Waals surface area contributed by atoms with E-state index in [0.29, 0.717) is 29.8 Å². The van der Waals surface area contributed by atoms with Crippen LogP contribution in [0, 0.1) is 5.82 Å². The zero-order valence-electron chi connectivity index (χ0n) is 16.8. The van der Waals surface area contributed by atoms with E-state index in [4.69, 9.17) is 0 Å². The quantitative estimate of drug-likeness (QED) is 0.662. The number of aromatic nitrogens is 2. The summed E-state index contributed by atoms with van der Waals surface area (Å²) in [4.78, 5) is 48.2. The third kappa shape index (κ3) is 3.37. The summed E-state index contributed by atoms with van der Waals surface area (Å²) >= 11 is 0. The van der Waals surface area contributed by atoms with Crippen molar-refractivity contribution in [2.45, 2.75) is 18.5 Å². The number of rotatable bonds is 3. The molecular formula is C23H18FN5O3. The van der Waals surface area contributed by atoms with Crippen molar-refractivity contribution in [3.8, 4) is 11.1 Å². The molecule has 1 fully saturated rings. The van der Waals surface area contributed by atoms with Gasteiger partial charge in [0.15, 0.2) is 0 Å². The van der Waals surface area contributed by atoms with Gasteiger partial charge in [0.05, 0.1) is 23.5 Å². The Morgan fingerprint density at radius 2 is 1.97 bits per heavy atom. The van der Waals surface area contributed by atoms with Crippen LogP contribution in [-0.2, 0) is 4.79 Å². The fourth-order valence-electron chi connectivity index (χ4n) is 4.21. The van der Waals surface area contributed by atoms with Crippen LogP contribution in [0.25, 0.3) is 11.1 Å². The number of hydrogen-bond acceptors (Lipinski definition) is 5. The predicted octanol–water partition coefficient (Wildman–Crippen LogP) is 2.25. The van der Waals surface area contributed by atoms with Gasteiger partial charge in [-0.3, -0.25) is 19.4 Å². The first kappa shape index (κ1) is 19.8. The average Bonchev–Trinajstić information content (AvgIpc) is 3.19. The van der Waals surface area contributed by atoms with Gasteiger partial charge in [-0.2, -0.15) is 0 Å². The van der Waals surface area contributed by atoms with Gasteiger partial charge in [0.2, 0.25) is 5.91 Å². The molecule has 8 nitrogen and oxygen atoms in total. The number of nitrogens with zero attached hydrogens (tertiary/aromatic N) is 3. The lowest BCUT2D eigenvalue weighted by atomic mass is 10.0. The van der Waals surface area contributed by atoms with Crippen molar-refractivity contribution in [2.75, 3.05) is 11.9 Å². The minimum Gasteiger partial charge on any atom is -0.345 e. The normalized spacial score (nSPS) is 19.6. The van der Waals surface area contributed by atoms with Crippen molar-refractivity contribution in [1.82, 2.24) is 20.2 Å². The van der Waals surface area contributed by atoms with Crippen LogP contribution in [0.2, 0.25) is 0 Å². The van der Waals surface area contributed by atoms with Crippen LogP contribution < -0.4 is 10.6 Å². The topological polar surface area (TPSA) is 104 Å². The lowest BCUT2D eigenvalue weighted by molar-refractivity contribution is -0.120. The molecule has 1 aromatic heterocycles. The van der Waals surface area contributed by atoms with Crippen molar-refractivity contribution in [2.24, 2.45) is 0 Å². The molecule has 2 aliphatic rings. The summed E-state index contributed by atoms with van der Waals surface area (Å²) in [5.41, 5.74) is 1.67. The minimum atomic E-state index is -0.868. The van der Waals surface area contributed by atoms with Gasteiger partial charge in [0, 0.05) is 24.5 Å². The van der Waals surface area contributed by atoms with Gasteiger partial charge < -0.3 is 15.5 Å². The Morgan fingerprint density at radius 3 is 2.75 bits per heavy atom. The fraction of sp³-hybridized carbons (Fsp3) is 0.174. The molecule has 0 radical (unpaired) electrons. The number of carbonyl (C=O) groups is 3. The molecule has 3 aromatic rings. The highest BCUT2D eigenvalue weighted by molar-refractivity contribution is 6.11. The summed E-state index contributed by atoms with van der Waals surface area (Å²) in [6, 6.07) is 9.70. The Labute approximate surface area is 182 Å². The summed E-state index contributed by atoms with van der Waals surface area (Å²) in [7, 11) is 0. The number of anilines is 1. The second-order valence-electron chi connectivity index (χ2n) is 7.63. The molecule has 3 heterocycles. The highest BCUT2D eigenvalue weighted by Gasteiger charge is 2.45. The predicted molar refractivity (Wildman–Crippen MR) is 113 cm³/mol. The first-order valence-electron chi connectivity index (χ1n) is 10.1. The Bertz CT molecular complexity index is 1230. The van der Waals surface area contributed by atoms with Crippen LogP contribution in [0.15, 0.2) is 61.1 Å².